The van der Waals surface area contributed by atoms with Gasteiger partial charge in [0.1, 0.15) is 11.7 Å². The van der Waals surface area contributed by atoms with E-state index >= 15 is 0 Å². The first-order chi connectivity index (χ1) is 25.1. The fourth-order valence-corrected chi connectivity index (χ4v) is 6.49. The highest BCUT2D eigenvalue weighted by Gasteiger charge is 2.60. The number of esters is 1. The highest BCUT2D eigenvalue weighted by Crippen LogP contribution is 2.40. The Kier molecular flexibility index (Phi) is 9.44. The minimum absolute atomic E-state index is 0.0635. The minimum atomic E-state index is -1.47. The molecule has 0 spiro atoms. The zero-order chi connectivity index (χ0) is 36.4. The molecule has 2 aromatic heterocycles. The lowest BCUT2D eigenvalue weighted by atomic mass is 9.94. The SMILES string of the molecule is CCOc1nc2cccc(C(=O)OC(C)OC(=O)O[C@H]3CO[C@@]4(C)[C@@H]3OC[C@H]4OC(=O)O)c2n1Cc1ccc(-c2ccccc2-c2nn[nH]n2)cc1. The molecule has 2 fully saturated rings. The third-order valence-electron chi connectivity index (χ3n) is 8.90. The molecule has 52 heavy (non-hydrogen) atoms. The smallest absolute Gasteiger partial charge is 0.465 e. The number of aromatic nitrogens is 6. The van der Waals surface area contributed by atoms with Crippen LogP contribution in [-0.2, 0) is 35.0 Å². The predicted molar refractivity (Wildman–Crippen MR) is 178 cm³/mol. The van der Waals surface area contributed by atoms with Crippen LogP contribution in [0.25, 0.3) is 33.5 Å². The van der Waals surface area contributed by atoms with E-state index in [0.29, 0.717) is 36.0 Å². The molecule has 0 radical (unpaired) electrons. The molecule has 17 heteroatoms. The van der Waals surface area contributed by atoms with Crippen molar-refractivity contribution in [2.24, 2.45) is 0 Å². The number of rotatable bonds is 11. The number of carbonyl (C=O) groups is 3. The zero-order valence-electron chi connectivity index (χ0n) is 28.3. The van der Waals surface area contributed by atoms with Crippen LogP contribution in [0, 0.1) is 0 Å². The Morgan fingerprint density at radius 2 is 1.81 bits per heavy atom. The van der Waals surface area contributed by atoms with E-state index in [1.54, 1.807) is 29.7 Å². The van der Waals surface area contributed by atoms with E-state index in [4.69, 9.17) is 38.3 Å². The number of carbonyl (C=O) groups excluding carboxylic acids is 2. The van der Waals surface area contributed by atoms with Gasteiger partial charge in [0.25, 0.3) is 6.01 Å². The summed E-state index contributed by atoms with van der Waals surface area (Å²) in [7, 11) is 0. The van der Waals surface area contributed by atoms with E-state index in [0.717, 1.165) is 22.3 Å². The van der Waals surface area contributed by atoms with Crippen LogP contribution >= 0.6 is 0 Å². The third kappa shape index (κ3) is 6.70. The van der Waals surface area contributed by atoms with Crippen LogP contribution < -0.4 is 4.74 Å². The first-order valence-electron chi connectivity index (χ1n) is 16.4. The molecular formula is C35H34N6O11. The van der Waals surface area contributed by atoms with Crippen molar-refractivity contribution in [3.63, 3.8) is 0 Å². The van der Waals surface area contributed by atoms with Crippen molar-refractivity contribution in [3.8, 4) is 28.5 Å². The number of fused-ring (bicyclic) bond motifs is 2. The number of imidazole rings is 1. The number of para-hydroxylation sites is 1. The van der Waals surface area contributed by atoms with Gasteiger partial charge in [-0.2, -0.15) is 10.2 Å². The number of aromatic amines is 1. The summed E-state index contributed by atoms with van der Waals surface area (Å²) in [5, 5.41) is 23.4. The van der Waals surface area contributed by atoms with Crippen LogP contribution in [0.2, 0.25) is 0 Å². The fraction of sp³-hybridized carbons (Fsp3) is 0.343. The van der Waals surface area contributed by atoms with Crippen LogP contribution in [-0.4, -0.2) is 104 Å². The van der Waals surface area contributed by atoms with E-state index in [9.17, 15) is 14.4 Å². The number of nitrogens with zero attached hydrogens (tertiary/aromatic N) is 5. The summed E-state index contributed by atoms with van der Waals surface area (Å²) in [5.74, 6) is -0.284. The molecule has 0 bridgehead atoms. The molecule has 270 valence electrons. The lowest BCUT2D eigenvalue weighted by Gasteiger charge is -2.27. The maximum absolute atomic E-state index is 13.6. The summed E-state index contributed by atoms with van der Waals surface area (Å²) >= 11 is 0. The maximum atomic E-state index is 13.6. The third-order valence-corrected chi connectivity index (χ3v) is 8.90. The van der Waals surface area contributed by atoms with Gasteiger partial charge < -0.3 is 38.3 Å². The minimum Gasteiger partial charge on any atom is -0.465 e. The van der Waals surface area contributed by atoms with Crippen molar-refractivity contribution in [1.82, 2.24) is 30.2 Å². The number of nitrogens with one attached hydrogen (secondary N) is 1. The summed E-state index contributed by atoms with van der Waals surface area (Å²) < 4.78 is 40.0. The van der Waals surface area contributed by atoms with E-state index in [-0.39, 0.29) is 18.8 Å². The Bertz CT molecular complexity index is 2090. The van der Waals surface area contributed by atoms with Crippen LogP contribution in [0.5, 0.6) is 6.01 Å². The van der Waals surface area contributed by atoms with Crippen molar-refractivity contribution < 1.29 is 52.6 Å². The van der Waals surface area contributed by atoms with Gasteiger partial charge in [-0.25, -0.2) is 14.4 Å². The molecule has 17 nitrogen and oxygen atoms in total. The number of hydrogen-bond acceptors (Lipinski definition) is 14. The van der Waals surface area contributed by atoms with Gasteiger partial charge in [0, 0.05) is 12.5 Å². The van der Waals surface area contributed by atoms with Crippen LogP contribution in [0.15, 0.2) is 66.7 Å². The lowest BCUT2D eigenvalue weighted by Crippen LogP contribution is -2.46. The standard InChI is InChI=1S/C35H34N6O11/c1-4-46-32-36-25-11-7-10-24(31(42)49-19(2)50-34(45)51-26-17-48-35(3)27(52-33(43)44)18-47-29(26)35)28(25)41(32)16-20-12-14-21(15-13-20)22-8-5-6-9-23(22)30-37-39-40-38-30/h5-15,19,26-27,29H,4,16-18H2,1-3H3,(H,43,44)(H,37,38,39,40)/t19?,26-,27+,29+,35+/m0/s1. The Labute approximate surface area is 295 Å². The van der Waals surface area contributed by atoms with Crippen molar-refractivity contribution in [1.29, 1.82) is 0 Å². The van der Waals surface area contributed by atoms with Crippen LogP contribution in [0.4, 0.5) is 9.59 Å². The summed E-state index contributed by atoms with van der Waals surface area (Å²) in [5.41, 5.74) is 3.62. The quantitative estimate of drug-likeness (QED) is 0.109. The van der Waals surface area contributed by atoms with Gasteiger partial charge in [-0.05, 0) is 47.9 Å². The number of benzene rings is 3. The van der Waals surface area contributed by atoms with Gasteiger partial charge in [-0.3, -0.25) is 4.57 Å². The summed E-state index contributed by atoms with van der Waals surface area (Å²) in [6, 6.07) is 21.0. The molecule has 1 unspecified atom stereocenters. The van der Waals surface area contributed by atoms with E-state index in [1.165, 1.54) is 6.92 Å². The number of ether oxygens (including phenoxy) is 7. The monoisotopic (exact) mass is 714 g/mol. The maximum Gasteiger partial charge on any atom is 0.511 e. The van der Waals surface area contributed by atoms with Crippen molar-refractivity contribution in [3.05, 3.63) is 77.9 Å². The average Bonchev–Trinajstić information content (AvgIpc) is 3.91. The van der Waals surface area contributed by atoms with Gasteiger partial charge >= 0.3 is 18.3 Å². The average molecular weight is 715 g/mol. The molecule has 5 atom stereocenters. The number of carboxylic acid groups (broad SMARTS) is 1. The Hall–Kier alpha value is -6.07. The molecule has 3 aromatic carbocycles. The molecule has 7 rings (SSSR count). The first-order valence-corrected chi connectivity index (χ1v) is 16.4. The lowest BCUT2D eigenvalue weighted by molar-refractivity contribution is -0.0988. The summed E-state index contributed by atoms with van der Waals surface area (Å²) in [6.45, 7) is 5.34. The normalized spacial score (nSPS) is 21.3. The summed E-state index contributed by atoms with van der Waals surface area (Å²) in [4.78, 5) is 41.9. The molecular weight excluding hydrogens is 680 g/mol. The molecule has 2 aliphatic heterocycles. The van der Waals surface area contributed by atoms with Gasteiger partial charge in [-0.15, -0.1) is 10.2 Å². The number of H-pyrrole nitrogens is 1. The van der Waals surface area contributed by atoms with E-state index in [1.807, 2.05) is 55.5 Å². The number of tetrazole rings is 1. The van der Waals surface area contributed by atoms with Crippen LogP contribution in [0.3, 0.4) is 0 Å². The van der Waals surface area contributed by atoms with Crippen molar-refractivity contribution >= 4 is 29.3 Å². The molecule has 0 aliphatic carbocycles. The Balaban J connectivity index is 1.05. The molecule has 2 N–H and O–H groups in total. The van der Waals surface area contributed by atoms with E-state index < -0.39 is 48.5 Å². The highest BCUT2D eigenvalue weighted by molar-refractivity contribution is 6.02. The van der Waals surface area contributed by atoms with Gasteiger partial charge in [0.05, 0.1) is 43.0 Å². The second-order valence-corrected chi connectivity index (χ2v) is 12.2. The topological polar surface area (TPSA) is 208 Å². The molecule has 0 amide bonds. The largest absolute Gasteiger partial charge is 0.511 e. The summed E-state index contributed by atoms with van der Waals surface area (Å²) in [6.07, 6.45) is -6.54. The predicted octanol–water partition coefficient (Wildman–Crippen LogP) is 4.61. The van der Waals surface area contributed by atoms with Crippen molar-refractivity contribution in [2.45, 2.75) is 57.5 Å². The first kappa shape index (κ1) is 34.4. The second kappa shape index (κ2) is 14.3. The van der Waals surface area contributed by atoms with Crippen molar-refractivity contribution in [2.75, 3.05) is 19.8 Å². The zero-order valence-corrected chi connectivity index (χ0v) is 28.3. The number of hydrogen-bond donors (Lipinski definition) is 2. The second-order valence-electron chi connectivity index (χ2n) is 12.2. The molecule has 2 aliphatic rings. The Morgan fingerprint density at radius 3 is 2.54 bits per heavy atom. The molecule has 0 saturated carbocycles. The molecule has 2 saturated heterocycles. The van der Waals surface area contributed by atoms with E-state index in [2.05, 4.69) is 25.6 Å². The highest BCUT2D eigenvalue weighted by atomic mass is 16.8. The van der Waals surface area contributed by atoms with Gasteiger partial charge in [0.2, 0.25) is 12.1 Å². The molecule has 5 aromatic rings. The molecule has 4 heterocycles. The Morgan fingerprint density at radius 1 is 1.02 bits per heavy atom. The fourth-order valence-electron chi connectivity index (χ4n) is 6.49. The van der Waals surface area contributed by atoms with Gasteiger partial charge in [-0.1, -0.05) is 54.6 Å². The van der Waals surface area contributed by atoms with Crippen LogP contribution in [0.1, 0.15) is 36.7 Å². The van der Waals surface area contributed by atoms with Gasteiger partial charge in [0.15, 0.2) is 12.2 Å².